The van der Waals surface area contributed by atoms with Crippen LogP contribution in [0.5, 0.6) is 0 Å². The third kappa shape index (κ3) is 8.06. The van der Waals surface area contributed by atoms with Gasteiger partial charge in [-0.1, -0.05) is 13.8 Å². The van der Waals surface area contributed by atoms with Crippen molar-refractivity contribution < 1.29 is 9.53 Å². The van der Waals surface area contributed by atoms with Crippen molar-refractivity contribution in [3.05, 3.63) is 0 Å². The highest BCUT2D eigenvalue weighted by molar-refractivity contribution is 5.77. The molecule has 0 aromatic carbocycles. The summed E-state index contributed by atoms with van der Waals surface area (Å²) < 4.78 is 5.64. The molecule has 5 heteroatoms. The van der Waals surface area contributed by atoms with Crippen LogP contribution < -0.4 is 0 Å². The Morgan fingerprint density at radius 2 is 1.58 bits per heavy atom. The van der Waals surface area contributed by atoms with Gasteiger partial charge in [0.05, 0.1) is 19.3 Å². The van der Waals surface area contributed by atoms with Gasteiger partial charge in [0.15, 0.2) is 0 Å². The minimum atomic E-state index is 0.288. The monoisotopic (exact) mass is 341 g/mol. The molecule has 0 N–H and O–H groups in total. The summed E-state index contributed by atoms with van der Waals surface area (Å²) in [4.78, 5) is 18.7. The van der Waals surface area contributed by atoms with Crippen LogP contribution in [-0.2, 0) is 9.53 Å². The summed E-state index contributed by atoms with van der Waals surface area (Å²) in [5, 5.41) is 0. The lowest BCUT2D eigenvalue weighted by Crippen LogP contribution is -2.53. The molecule has 0 bridgehead atoms. The normalized spacial score (nSPS) is 21.6. The van der Waals surface area contributed by atoms with E-state index in [1.54, 1.807) is 6.92 Å². The van der Waals surface area contributed by atoms with Gasteiger partial charge in [0, 0.05) is 51.9 Å². The fraction of sp³-hybridized carbons (Fsp3) is 0.947. The number of nitrogens with zero attached hydrogens (tertiary/aromatic N) is 3. The van der Waals surface area contributed by atoms with E-state index in [2.05, 4.69) is 28.5 Å². The lowest BCUT2D eigenvalue weighted by atomic mass is 10.0. The number of hydrogen-bond acceptors (Lipinski definition) is 5. The Kier molecular flexibility index (Phi) is 10.7. The molecule has 0 radical (unpaired) electrons. The first kappa shape index (κ1) is 21.6. The summed E-state index contributed by atoms with van der Waals surface area (Å²) in [5.74, 6) is 0.288. The predicted octanol–water partition coefficient (Wildman–Crippen LogP) is 2.11. The van der Waals surface area contributed by atoms with E-state index in [1.165, 1.54) is 25.9 Å². The van der Waals surface area contributed by atoms with E-state index in [1.807, 2.05) is 13.8 Å². The van der Waals surface area contributed by atoms with Crippen LogP contribution in [0, 0.1) is 0 Å². The highest BCUT2D eigenvalue weighted by atomic mass is 16.5. The van der Waals surface area contributed by atoms with Crippen molar-refractivity contribution in [2.45, 2.75) is 59.6 Å². The SMILES string of the molecule is CC.CC(=O)CN1CCC(N2CCN(CCOC(C)C)CC2)CC1. The molecular formula is C19H39N3O2. The van der Waals surface area contributed by atoms with Crippen LogP contribution in [-0.4, -0.2) is 91.6 Å². The van der Waals surface area contributed by atoms with Gasteiger partial charge in [-0.15, -0.1) is 0 Å². The molecule has 0 aromatic heterocycles. The zero-order chi connectivity index (χ0) is 17.9. The van der Waals surface area contributed by atoms with Gasteiger partial charge < -0.3 is 4.74 Å². The number of ether oxygens (including phenoxy) is 1. The number of ketones is 1. The van der Waals surface area contributed by atoms with Crippen LogP contribution in [0.2, 0.25) is 0 Å². The highest BCUT2D eigenvalue weighted by Crippen LogP contribution is 2.18. The summed E-state index contributed by atoms with van der Waals surface area (Å²) in [6.45, 7) is 19.3. The second kappa shape index (κ2) is 12.0. The molecule has 2 aliphatic rings. The number of carbonyl (C=O) groups is 1. The molecular weight excluding hydrogens is 302 g/mol. The first-order valence-electron chi connectivity index (χ1n) is 9.84. The van der Waals surface area contributed by atoms with Crippen molar-refractivity contribution in [2.24, 2.45) is 0 Å². The molecule has 0 aliphatic carbocycles. The lowest BCUT2D eigenvalue weighted by Gasteiger charge is -2.42. The maximum absolute atomic E-state index is 11.2. The summed E-state index contributed by atoms with van der Waals surface area (Å²) in [6.07, 6.45) is 2.76. The minimum absolute atomic E-state index is 0.288. The van der Waals surface area contributed by atoms with E-state index in [-0.39, 0.29) is 5.78 Å². The highest BCUT2D eigenvalue weighted by Gasteiger charge is 2.27. The van der Waals surface area contributed by atoms with Crippen molar-refractivity contribution in [3.8, 4) is 0 Å². The zero-order valence-electron chi connectivity index (χ0n) is 16.6. The van der Waals surface area contributed by atoms with Crippen LogP contribution in [0.1, 0.15) is 47.5 Å². The number of carbonyl (C=O) groups excluding carboxylic acids is 1. The molecule has 0 atom stereocenters. The molecule has 0 saturated carbocycles. The maximum atomic E-state index is 11.2. The molecule has 142 valence electrons. The molecule has 0 spiro atoms. The Labute approximate surface area is 149 Å². The largest absolute Gasteiger partial charge is 0.377 e. The van der Waals surface area contributed by atoms with E-state index in [4.69, 9.17) is 4.74 Å². The Balaban J connectivity index is 0.00000139. The van der Waals surface area contributed by atoms with Crippen molar-refractivity contribution >= 4 is 5.78 Å². The lowest BCUT2D eigenvalue weighted by molar-refractivity contribution is -0.118. The van der Waals surface area contributed by atoms with Gasteiger partial charge in [-0.05, 0) is 33.6 Å². The van der Waals surface area contributed by atoms with Gasteiger partial charge in [-0.25, -0.2) is 0 Å². The second-order valence-electron chi connectivity index (χ2n) is 7.01. The fourth-order valence-corrected chi connectivity index (χ4v) is 3.53. The summed E-state index contributed by atoms with van der Waals surface area (Å²) in [6, 6.07) is 0.720. The third-order valence-electron chi connectivity index (χ3n) is 4.79. The number of hydrogen-bond donors (Lipinski definition) is 0. The van der Waals surface area contributed by atoms with Gasteiger partial charge in [0.2, 0.25) is 0 Å². The van der Waals surface area contributed by atoms with Crippen LogP contribution in [0.25, 0.3) is 0 Å². The average molecular weight is 342 g/mol. The Morgan fingerprint density at radius 1 is 1.00 bits per heavy atom. The predicted molar refractivity (Wildman–Crippen MR) is 101 cm³/mol. The maximum Gasteiger partial charge on any atom is 0.143 e. The van der Waals surface area contributed by atoms with E-state index in [0.29, 0.717) is 12.6 Å². The van der Waals surface area contributed by atoms with E-state index in [0.717, 1.165) is 45.4 Å². The van der Waals surface area contributed by atoms with Crippen molar-refractivity contribution in [1.29, 1.82) is 0 Å². The first-order chi connectivity index (χ1) is 11.5. The number of Topliss-reactive ketones (excluding diaryl/α,β-unsaturated/α-hetero) is 1. The molecule has 2 rings (SSSR count). The van der Waals surface area contributed by atoms with Gasteiger partial charge in [0.25, 0.3) is 0 Å². The molecule has 24 heavy (non-hydrogen) atoms. The number of likely N-dealkylation sites (tertiary alicyclic amines) is 1. The summed E-state index contributed by atoms with van der Waals surface area (Å²) >= 11 is 0. The average Bonchev–Trinajstić information content (AvgIpc) is 2.57. The van der Waals surface area contributed by atoms with Gasteiger partial charge in [-0.3, -0.25) is 19.5 Å². The van der Waals surface area contributed by atoms with Crippen LogP contribution >= 0.6 is 0 Å². The van der Waals surface area contributed by atoms with Gasteiger partial charge >= 0.3 is 0 Å². The fourth-order valence-electron chi connectivity index (χ4n) is 3.53. The van der Waals surface area contributed by atoms with Crippen LogP contribution in [0.3, 0.4) is 0 Å². The molecule has 0 aromatic rings. The van der Waals surface area contributed by atoms with E-state index < -0.39 is 0 Å². The quantitative estimate of drug-likeness (QED) is 0.709. The zero-order valence-corrected chi connectivity index (χ0v) is 16.6. The molecule has 0 unspecified atom stereocenters. The summed E-state index contributed by atoms with van der Waals surface area (Å²) in [5.41, 5.74) is 0. The molecule has 5 nitrogen and oxygen atoms in total. The second-order valence-corrected chi connectivity index (χ2v) is 7.01. The topological polar surface area (TPSA) is 36.0 Å². The number of rotatable bonds is 7. The molecule has 0 amide bonds. The smallest absolute Gasteiger partial charge is 0.143 e. The Morgan fingerprint density at radius 3 is 2.08 bits per heavy atom. The van der Waals surface area contributed by atoms with Crippen LogP contribution in [0.15, 0.2) is 0 Å². The van der Waals surface area contributed by atoms with Crippen molar-refractivity contribution in [3.63, 3.8) is 0 Å². The van der Waals surface area contributed by atoms with Gasteiger partial charge in [0.1, 0.15) is 5.78 Å². The third-order valence-corrected chi connectivity index (χ3v) is 4.79. The molecule has 2 fully saturated rings. The Hall–Kier alpha value is -0.490. The van der Waals surface area contributed by atoms with Gasteiger partial charge in [-0.2, -0.15) is 0 Å². The minimum Gasteiger partial charge on any atom is -0.377 e. The number of piperazine rings is 1. The standard InChI is InChI=1S/C17H33N3O2.C2H6/c1-15(2)22-13-12-18-8-10-20(11-9-18)17-4-6-19(7-5-17)14-16(3)21;1-2/h15,17H,4-14H2,1-3H3;1-2H3. The Bertz CT molecular complexity index is 334. The number of piperidine rings is 1. The molecule has 2 heterocycles. The van der Waals surface area contributed by atoms with Crippen LogP contribution in [0.4, 0.5) is 0 Å². The molecule has 2 aliphatic heterocycles. The van der Waals surface area contributed by atoms with Crippen molar-refractivity contribution in [2.75, 3.05) is 59.0 Å². The van der Waals surface area contributed by atoms with Crippen molar-refractivity contribution in [1.82, 2.24) is 14.7 Å². The molecule has 2 saturated heterocycles. The summed E-state index contributed by atoms with van der Waals surface area (Å²) in [7, 11) is 0. The van der Waals surface area contributed by atoms with E-state index >= 15 is 0 Å². The first-order valence-corrected chi connectivity index (χ1v) is 9.84. The van der Waals surface area contributed by atoms with E-state index in [9.17, 15) is 4.79 Å².